The van der Waals surface area contributed by atoms with Crippen molar-refractivity contribution in [3.8, 4) is 0 Å². The van der Waals surface area contributed by atoms with Crippen LogP contribution in [0, 0.1) is 13.8 Å². The molecule has 2 aromatic rings. The zero-order valence-corrected chi connectivity index (χ0v) is 11.7. The van der Waals surface area contributed by atoms with Crippen LogP contribution >= 0.6 is 0 Å². The number of carboxylic acid groups (broad SMARTS) is 1. The van der Waals surface area contributed by atoms with Crippen LogP contribution in [0.1, 0.15) is 22.6 Å². The van der Waals surface area contributed by atoms with Gasteiger partial charge in [-0.3, -0.25) is 10.1 Å². The van der Waals surface area contributed by atoms with Crippen LogP contribution in [0.25, 0.3) is 0 Å². The van der Waals surface area contributed by atoms with Crippen molar-refractivity contribution >= 4 is 5.97 Å². The summed E-state index contributed by atoms with van der Waals surface area (Å²) in [6, 6.07) is 11.0. The zero-order valence-electron chi connectivity index (χ0n) is 11.7. The molecule has 1 atom stereocenters. The Morgan fingerprint density at radius 3 is 2.55 bits per heavy atom. The molecule has 0 bridgehead atoms. The molecule has 1 aromatic heterocycles. The van der Waals surface area contributed by atoms with E-state index in [2.05, 4.69) is 5.32 Å². The highest BCUT2D eigenvalue weighted by Gasteiger charge is 2.18. The number of nitrogens with one attached hydrogen (secondary N) is 1. The van der Waals surface area contributed by atoms with E-state index < -0.39 is 12.0 Å². The summed E-state index contributed by atoms with van der Waals surface area (Å²) in [6.45, 7) is 4.26. The monoisotopic (exact) mass is 273 g/mol. The smallest absolute Gasteiger partial charge is 0.321 e. The van der Waals surface area contributed by atoms with E-state index in [4.69, 9.17) is 4.42 Å². The molecule has 0 fully saturated rings. The van der Waals surface area contributed by atoms with Crippen LogP contribution in [0.15, 0.2) is 40.8 Å². The van der Waals surface area contributed by atoms with E-state index in [0.717, 1.165) is 22.6 Å². The Morgan fingerprint density at radius 1 is 1.30 bits per heavy atom. The minimum absolute atomic E-state index is 0.464. The maximum absolute atomic E-state index is 11.3. The Morgan fingerprint density at radius 2 is 2.00 bits per heavy atom. The molecule has 2 rings (SSSR count). The standard InChI is InChI=1S/C16H19NO3/c1-11-8-14(12(2)20-11)10-17-15(16(18)19)9-13-6-4-3-5-7-13/h3-8,15,17H,9-10H2,1-2H3,(H,18,19)/t15-/m0/s1. The van der Waals surface area contributed by atoms with Gasteiger partial charge in [-0.25, -0.2) is 0 Å². The van der Waals surface area contributed by atoms with Gasteiger partial charge in [0.25, 0.3) is 0 Å². The number of furan rings is 1. The third-order valence-electron chi connectivity index (χ3n) is 3.26. The average Bonchev–Trinajstić information content (AvgIpc) is 2.73. The number of hydrogen-bond donors (Lipinski definition) is 2. The Balaban J connectivity index is 2.00. The first-order valence-corrected chi connectivity index (χ1v) is 6.62. The van der Waals surface area contributed by atoms with Crippen LogP contribution in [0.3, 0.4) is 0 Å². The summed E-state index contributed by atoms with van der Waals surface area (Å²) in [4.78, 5) is 11.3. The summed E-state index contributed by atoms with van der Waals surface area (Å²) in [5.74, 6) is 0.833. The molecule has 0 aliphatic carbocycles. The minimum Gasteiger partial charge on any atom is -0.480 e. The lowest BCUT2D eigenvalue weighted by molar-refractivity contribution is -0.139. The first-order valence-electron chi connectivity index (χ1n) is 6.62. The molecule has 4 nitrogen and oxygen atoms in total. The van der Waals surface area contributed by atoms with Gasteiger partial charge in [-0.05, 0) is 31.9 Å². The van der Waals surface area contributed by atoms with Gasteiger partial charge in [-0.2, -0.15) is 0 Å². The van der Waals surface area contributed by atoms with Crippen molar-refractivity contribution in [1.29, 1.82) is 0 Å². The van der Waals surface area contributed by atoms with Crippen LogP contribution in [0.5, 0.6) is 0 Å². The Bertz CT molecular complexity index is 575. The number of aryl methyl sites for hydroxylation is 2. The summed E-state index contributed by atoms with van der Waals surface area (Å²) in [5, 5.41) is 12.4. The Hall–Kier alpha value is -2.07. The van der Waals surface area contributed by atoms with E-state index in [0.29, 0.717) is 13.0 Å². The average molecular weight is 273 g/mol. The van der Waals surface area contributed by atoms with Gasteiger partial charge in [0.15, 0.2) is 0 Å². The topological polar surface area (TPSA) is 62.5 Å². The van der Waals surface area contributed by atoms with Crippen LogP contribution < -0.4 is 5.32 Å². The quantitative estimate of drug-likeness (QED) is 0.849. The second kappa shape index (κ2) is 6.39. The first kappa shape index (κ1) is 14.3. The maximum atomic E-state index is 11.3. The van der Waals surface area contributed by atoms with E-state index in [1.54, 1.807) is 0 Å². The van der Waals surface area contributed by atoms with Gasteiger partial charge in [0.1, 0.15) is 17.6 Å². The van der Waals surface area contributed by atoms with Gasteiger partial charge in [-0.1, -0.05) is 30.3 Å². The van der Waals surface area contributed by atoms with Crippen LogP contribution in [0.2, 0.25) is 0 Å². The molecule has 20 heavy (non-hydrogen) atoms. The molecular weight excluding hydrogens is 254 g/mol. The van der Waals surface area contributed by atoms with Gasteiger partial charge < -0.3 is 9.52 Å². The maximum Gasteiger partial charge on any atom is 0.321 e. The van der Waals surface area contributed by atoms with E-state index >= 15 is 0 Å². The largest absolute Gasteiger partial charge is 0.480 e. The zero-order chi connectivity index (χ0) is 14.5. The van der Waals surface area contributed by atoms with Crippen molar-refractivity contribution in [2.45, 2.75) is 32.9 Å². The Kier molecular flexibility index (Phi) is 4.58. The minimum atomic E-state index is -0.841. The van der Waals surface area contributed by atoms with E-state index in [9.17, 15) is 9.90 Å². The fourth-order valence-electron chi connectivity index (χ4n) is 2.19. The molecule has 2 N–H and O–H groups in total. The Labute approximate surface area is 118 Å². The van der Waals surface area contributed by atoms with Crippen LogP contribution in [-0.4, -0.2) is 17.1 Å². The summed E-state index contributed by atoms with van der Waals surface area (Å²) < 4.78 is 5.44. The third-order valence-corrected chi connectivity index (χ3v) is 3.26. The molecule has 0 saturated carbocycles. The molecule has 0 amide bonds. The highest BCUT2D eigenvalue weighted by atomic mass is 16.4. The number of benzene rings is 1. The van der Waals surface area contributed by atoms with Crippen molar-refractivity contribution in [2.24, 2.45) is 0 Å². The summed E-state index contributed by atoms with van der Waals surface area (Å²) in [7, 11) is 0. The number of carbonyl (C=O) groups is 1. The lowest BCUT2D eigenvalue weighted by Gasteiger charge is -2.14. The number of rotatable bonds is 6. The van der Waals surface area contributed by atoms with Gasteiger partial charge in [0.2, 0.25) is 0 Å². The van der Waals surface area contributed by atoms with Gasteiger partial charge in [0.05, 0.1) is 0 Å². The van der Waals surface area contributed by atoms with Crippen LogP contribution in [-0.2, 0) is 17.8 Å². The first-order chi connectivity index (χ1) is 9.56. The molecule has 4 heteroatoms. The van der Waals surface area contributed by atoms with Crippen molar-refractivity contribution < 1.29 is 14.3 Å². The lowest BCUT2D eigenvalue weighted by atomic mass is 10.1. The molecule has 0 spiro atoms. The molecule has 0 radical (unpaired) electrons. The fourth-order valence-corrected chi connectivity index (χ4v) is 2.19. The predicted octanol–water partition coefficient (Wildman–Crippen LogP) is 2.68. The van der Waals surface area contributed by atoms with Crippen LogP contribution in [0.4, 0.5) is 0 Å². The number of carboxylic acids is 1. The summed E-state index contributed by atoms with van der Waals surface area (Å²) in [6.07, 6.45) is 0.464. The van der Waals surface area contributed by atoms with Crippen molar-refractivity contribution in [3.05, 3.63) is 59.0 Å². The lowest BCUT2D eigenvalue weighted by Crippen LogP contribution is -2.38. The summed E-state index contributed by atoms with van der Waals surface area (Å²) in [5.41, 5.74) is 2.01. The summed E-state index contributed by atoms with van der Waals surface area (Å²) >= 11 is 0. The highest BCUT2D eigenvalue weighted by Crippen LogP contribution is 2.14. The van der Waals surface area contributed by atoms with E-state index in [-0.39, 0.29) is 0 Å². The van der Waals surface area contributed by atoms with Gasteiger partial charge >= 0.3 is 5.97 Å². The molecule has 0 aliphatic heterocycles. The molecule has 0 saturated heterocycles. The fraction of sp³-hybridized carbons (Fsp3) is 0.312. The van der Waals surface area contributed by atoms with Gasteiger partial charge in [-0.15, -0.1) is 0 Å². The molecular formula is C16H19NO3. The molecule has 0 aliphatic rings. The third kappa shape index (κ3) is 3.71. The molecule has 1 aromatic carbocycles. The number of aliphatic carboxylic acids is 1. The molecule has 0 unspecified atom stereocenters. The second-order valence-electron chi connectivity index (χ2n) is 4.90. The van der Waals surface area contributed by atoms with E-state index in [1.165, 1.54) is 0 Å². The SMILES string of the molecule is Cc1cc(CN[C@@H](Cc2ccccc2)C(=O)O)c(C)o1. The second-order valence-corrected chi connectivity index (χ2v) is 4.90. The predicted molar refractivity (Wildman–Crippen MR) is 76.6 cm³/mol. The molecule has 106 valence electrons. The van der Waals surface area contributed by atoms with Gasteiger partial charge in [0, 0.05) is 12.1 Å². The van der Waals surface area contributed by atoms with Crippen molar-refractivity contribution in [3.63, 3.8) is 0 Å². The van der Waals surface area contributed by atoms with Crippen molar-refractivity contribution in [1.82, 2.24) is 5.32 Å². The normalized spacial score (nSPS) is 12.3. The molecule has 1 heterocycles. The highest BCUT2D eigenvalue weighted by molar-refractivity contribution is 5.73. The number of hydrogen-bond acceptors (Lipinski definition) is 3. The van der Waals surface area contributed by atoms with E-state index in [1.807, 2.05) is 50.2 Å². The van der Waals surface area contributed by atoms with Crippen molar-refractivity contribution in [2.75, 3.05) is 0 Å².